The van der Waals surface area contributed by atoms with Crippen molar-refractivity contribution in [2.24, 2.45) is 0 Å². The van der Waals surface area contributed by atoms with Crippen LogP contribution < -0.4 is 10.6 Å². The van der Waals surface area contributed by atoms with Crippen LogP contribution in [0.2, 0.25) is 0 Å². The average Bonchev–Trinajstić information content (AvgIpc) is 2.57. The number of urea groups is 2. The summed E-state index contributed by atoms with van der Waals surface area (Å²) in [6, 6.07) is -1.13. The SMILES string of the molecule is CC1NC(=O)NC(=O)N1[C@H]1C[C@H](O)[C@@H](CO)O1. The molecule has 0 aliphatic carbocycles. The first-order chi connectivity index (χ1) is 8.02. The smallest absolute Gasteiger partial charge is 0.329 e. The Kier molecular flexibility index (Phi) is 3.18. The summed E-state index contributed by atoms with van der Waals surface area (Å²) in [6.45, 7) is 1.33. The summed E-state index contributed by atoms with van der Waals surface area (Å²) in [5.74, 6) is 0. The minimum absolute atomic E-state index is 0.207. The van der Waals surface area contributed by atoms with Gasteiger partial charge < -0.3 is 20.3 Å². The van der Waals surface area contributed by atoms with Gasteiger partial charge in [-0.25, -0.2) is 9.59 Å². The Morgan fingerprint density at radius 2 is 2.24 bits per heavy atom. The van der Waals surface area contributed by atoms with Crippen LogP contribution in [0.3, 0.4) is 0 Å². The van der Waals surface area contributed by atoms with Crippen molar-refractivity contribution in [2.75, 3.05) is 6.61 Å². The van der Waals surface area contributed by atoms with Crippen molar-refractivity contribution >= 4 is 12.1 Å². The molecule has 4 amide bonds. The molecule has 0 radical (unpaired) electrons. The molecule has 0 aromatic rings. The van der Waals surface area contributed by atoms with E-state index in [2.05, 4.69) is 10.6 Å². The van der Waals surface area contributed by atoms with Crippen LogP contribution >= 0.6 is 0 Å². The zero-order valence-corrected chi connectivity index (χ0v) is 9.29. The normalized spacial score (nSPS) is 37.9. The van der Waals surface area contributed by atoms with Gasteiger partial charge in [-0.15, -0.1) is 0 Å². The second-order valence-corrected chi connectivity index (χ2v) is 4.10. The minimum Gasteiger partial charge on any atom is -0.394 e. The van der Waals surface area contributed by atoms with Gasteiger partial charge in [-0.2, -0.15) is 0 Å². The number of carbonyl (C=O) groups excluding carboxylic acids is 2. The lowest BCUT2D eigenvalue weighted by Gasteiger charge is -2.37. The lowest BCUT2D eigenvalue weighted by Crippen LogP contribution is -2.65. The van der Waals surface area contributed by atoms with E-state index in [0.29, 0.717) is 0 Å². The number of rotatable bonds is 2. The molecule has 17 heavy (non-hydrogen) atoms. The van der Waals surface area contributed by atoms with Crippen molar-refractivity contribution in [3.8, 4) is 0 Å². The molecule has 0 spiro atoms. The Morgan fingerprint density at radius 1 is 1.53 bits per heavy atom. The highest BCUT2D eigenvalue weighted by molar-refractivity contribution is 5.95. The Labute approximate surface area is 97.5 Å². The number of aliphatic hydroxyl groups is 2. The second kappa shape index (κ2) is 4.47. The molecule has 0 aromatic carbocycles. The molecule has 2 heterocycles. The number of carbonyl (C=O) groups is 2. The van der Waals surface area contributed by atoms with Crippen LogP contribution in [-0.4, -0.2) is 58.4 Å². The Hall–Kier alpha value is -1.38. The number of ether oxygens (including phenoxy) is 1. The van der Waals surface area contributed by atoms with E-state index in [0.717, 1.165) is 0 Å². The maximum Gasteiger partial charge on any atom is 0.329 e. The summed E-state index contributed by atoms with van der Waals surface area (Å²) >= 11 is 0. The van der Waals surface area contributed by atoms with Crippen LogP contribution in [0, 0.1) is 0 Å². The third-order valence-corrected chi connectivity index (χ3v) is 2.91. The quantitative estimate of drug-likeness (QED) is 0.475. The zero-order valence-electron chi connectivity index (χ0n) is 9.29. The predicted molar refractivity (Wildman–Crippen MR) is 54.7 cm³/mol. The molecule has 1 unspecified atom stereocenters. The number of hydrogen-bond acceptors (Lipinski definition) is 5. The molecular formula is C9H15N3O5. The number of hydrogen-bond donors (Lipinski definition) is 4. The molecule has 96 valence electrons. The van der Waals surface area contributed by atoms with Gasteiger partial charge in [0.1, 0.15) is 18.5 Å². The summed E-state index contributed by atoms with van der Waals surface area (Å²) in [4.78, 5) is 24.0. The number of nitrogens with zero attached hydrogens (tertiary/aromatic N) is 1. The molecule has 4 N–H and O–H groups in total. The van der Waals surface area contributed by atoms with Gasteiger partial charge >= 0.3 is 12.1 Å². The molecule has 0 aromatic heterocycles. The summed E-state index contributed by atoms with van der Waals surface area (Å²) in [6.07, 6.45) is -2.48. The second-order valence-electron chi connectivity index (χ2n) is 4.10. The molecule has 8 heteroatoms. The van der Waals surface area contributed by atoms with Crippen LogP contribution in [0.4, 0.5) is 9.59 Å². The predicted octanol–water partition coefficient (Wildman–Crippen LogP) is -1.46. The van der Waals surface area contributed by atoms with Crippen LogP contribution in [0.5, 0.6) is 0 Å². The molecule has 8 nitrogen and oxygen atoms in total. The van der Waals surface area contributed by atoms with Gasteiger partial charge in [0, 0.05) is 6.42 Å². The molecule has 2 saturated heterocycles. The highest BCUT2D eigenvalue weighted by Gasteiger charge is 2.42. The largest absolute Gasteiger partial charge is 0.394 e. The highest BCUT2D eigenvalue weighted by Crippen LogP contribution is 2.25. The fourth-order valence-electron chi connectivity index (χ4n) is 2.06. The van der Waals surface area contributed by atoms with Crippen LogP contribution in [0.25, 0.3) is 0 Å². The lowest BCUT2D eigenvalue weighted by atomic mass is 10.2. The first-order valence-electron chi connectivity index (χ1n) is 5.37. The van der Waals surface area contributed by atoms with E-state index < -0.39 is 36.7 Å². The van der Waals surface area contributed by atoms with Gasteiger partial charge in [0.25, 0.3) is 0 Å². The van der Waals surface area contributed by atoms with Crippen molar-refractivity contribution in [1.29, 1.82) is 0 Å². The number of nitrogens with one attached hydrogen (secondary N) is 2. The summed E-state index contributed by atoms with van der Waals surface area (Å²) in [7, 11) is 0. The molecule has 2 aliphatic rings. The van der Waals surface area contributed by atoms with Crippen LogP contribution in [0.1, 0.15) is 13.3 Å². The van der Waals surface area contributed by atoms with Crippen molar-refractivity contribution < 1.29 is 24.5 Å². The summed E-state index contributed by atoms with van der Waals surface area (Å²) < 4.78 is 5.35. The third-order valence-electron chi connectivity index (χ3n) is 2.91. The van der Waals surface area contributed by atoms with E-state index in [1.165, 1.54) is 4.90 Å². The van der Waals surface area contributed by atoms with Gasteiger partial charge in [-0.1, -0.05) is 0 Å². The van der Waals surface area contributed by atoms with E-state index in [4.69, 9.17) is 9.84 Å². The summed E-state index contributed by atoms with van der Waals surface area (Å²) in [5, 5.41) is 23.1. The summed E-state index contributed by atoms with van der Waals surface area (Å²) in [5.41, 5.74) is 0. The molecule has 0 bridgehead atoms. The van der Waals surface area contributed by atoms with E-state index in [-0.39, 0.29) is 13.0 Å². The van der Waals surface area contributed by atoms with Gasteiger partial charge in [0.2, 0.25) is 0 Å². The zero-order chi connectivity index (χ0) is 12.6. The molecule has 2 fully saturated rings. The first-order valence-corrected chi connectivity index (χ1v) is 5.37. The number of amides is 4. The van der Waals surface area contributed by atoms with Crippen LogP contribution in [-0.2, 0) is 4.74 Å². The minimum atomic E-state index is -0.817. The number of imide groups is 1. The maximum atomic E-state index is 11.6. The molecule has 4 atom stereocenters. The van der Waals surface area contributed by atoms with Gasteiger partial charge in [0.15, 0.2) is 0 Å². The fraction of sp³-hybridized carbons (Fsp3) is 0.778. The molecule has 2 rings (SSSR count). The lowest BCUT2D eigenvalue weighted by molar-refractivity contribution is -0.0763. The maximum absolute atomic E-state index is 11.6. The Balaban J connectivity index is 2.07. The van der Waals surface area contributed by atoms with Crippen molar-refractivity contribution in [1.82, 2.24) is 15.5 Å². The topological polar surface area (TPSA) is 111 Å². The molecular weight excluding hydrogens is 230 g/mol. The fourth-order valence-corrected chi connectivity index (χ4v) is 2.06. The van der Waals surface area contributed by atoms with Gasteiger partial charge in [-0.05, 0) is 6.92 Å². The van der Waals surface area contributed by atoms with Gasteiger partial charge in [0.05, 0.1) is 12.7 Å². The van der Waals surface area contributed by atoms with Crippen molar-refractivity contribution in [2.45, 2.75) is 37.9 Å². The van der Waals surface area contributed by atoms with E-state index >= 15 is 0 Å². The Bertz CT molecular complexity index is 337. The van der Waals surface area contributed by atoms with Crippen molar-refractivity contribution in [3.05, 3.63) is 0 Å². The first kappa shape index (κ1) is 12.1. The monoisotopic (exact) mass is 245 g/mol. The Morgan fingerprint density at radius 3 is 2.76 bits per heavy atom. The van der Waals surface area contributed by atoms with Gasteiger partial charge in [-0.3, -0.25) is 10.2 Å². The van der Waals surface area contributed by atoms with E-state index in [1.807, 2.05) is 0 Å². The van der Waals surface area contributed by atoms with Crippen molar-refractivity contribution in [3.63, 3.8) is 0 Å². The average molecular weight is 245 g/mol. The molecule has 0 saturated carbocycles. The highest BCUT2D eigenvalue weighted by atomic mass is 16.5. The molecule has 2 aliphatic heterocycles. The standard InChI is InChI=1S/C9H15N3O5/c1-4-10-8(15)11-9(16)12(4)7-2-5(14)6(3-13)17-7/h4-7,13-14H,2-3H2,1H3,(H2,10,11,15,16)/t4?,5-,6+,7+/m0/s1. The number of aliphatic hydroxyl groups excluding tert-OH is 2. The van der Waals surface area contributed by atoms with E-state index in [9.17, 15) is 14.7 Å². The van der Waals surface area contributed by atoms with Crippen LogP contribution in [0.15, 0.2) is 0 Å². The van der Waals surface area contributed by atoms with E-state index in [1.54, 1.807) is 6.92 Å². The third kappa shape index (κ3) is 2.19.